The Bertz CT molecular complexity index is 1010. The molecule has 144 valence electrons. The first-order chi connectivity index (χ1) is 13.3. The van der Waals surface area contributed by atoms with Crippen molar-refractivity contribution in [3.63, 3.8) is 0 Å². The highest BCUT2D eigenvalue weighted by Crippen LogP contribution is 2.38. The Balaban J connectivity index is 1.64. The van der Waals surface area contributed by atoms with Crippen LogP contribution in [0.25, 0.3) is 6.08 Å². The third-order valence-electron chi connectivity index (χ3n) is 4.14. The molecule has 8 nitrogen and oxygen atoms in total. The molecule has 28 heavy (non-hydrogen) atoms. The lowest BCUT2D eigenvalue weighted by Crippen LogP contribution is -2.33. The summed E-state index contributed by atoms with van der Waals surface area (Å²) < 4.78 is 0. The number of hydrogen-bond donors (Lipinski definition) is 3. The zero-order valence-corrected chi connectivity index (χ0v) is 16.2. The molecule has 2 amide bonds. The third kappa shape index (κ3) is 4.41. The lowest BCUT2D eigenvalue weighted by molar-refractivity contribution is -0.384. The van der Waals surface area contributed by atoms with E-state index in [4.69, 9.17) is 18.0 Å². The van der Waals surface area contributed by atoms with Crippen LogP contribution in [0.2, 0.25) is 0 Å². The molecular formula is C18H16N4O4S2. The number of nitro groups is 1. The summed E-state index contributed by atoms with van der Waals surface area (Å²) in [6, 6.07) is 5.89. The van der Waals surface area contributed by atoms with Gasteiger partial charge in [0, 0.05) is 23.1 Å². The average molecular weight is 416 g/mol. The molecule has 1 heterocycles. The topological polar surface area (TPSA) is 127 Å². The van der Waals surface area contributed by atoms with Gasteiger partial charge >= 0.3 is 0 Å². The highest BCUT2D eigenvalue weighted by Gasteiger charge is 2.25. The lowest BCUT2D eigenvalue weighted by atomic mass is 10.1. The van der Waals surface area contributed by atoms with Gasteiger partial charge in [-0.05, 0) is 48.7 Å². The molecule has 0 aliphatic heterocycles. The molecule has 1 aromatic heterocycles. The number of fused-ring (bicyclic) bond motifs is 1. The fraction of sp³-hybridized carbons (Fsp3) is 0.167. The first-order valence-electron chi connectivity index (χ1n) is 8.34. The van der Waals surface area contributed by atoms with Crippen molar-refractivity contribution in [3.8, 4) is 0 Å². The van der Waals surface area contributed by atoms with Gasteiger partial charge in [0.15, 0.2) is 5.11 Å². The Morgan fingerprint density at radius 1 is 1.32 bits per heavy atom. The van der Waals surface area contributed by atoms with Gasteiger partial charge in [0.05, 0.1) is 10.5 Å². The number of anilines is 1. The molecule has 0 saturated heterocycles. The van der Waals surface area contributed by atoms with Crippen LogP contribution in [-0.4, -0.2) is 21.9 Å². The zero-order valence-electron chi connectivity index (χ0n) is 14.6. The summed E-state index contributed by atoms with van der Waals surface area (Å²) in [7, 11) is 0. The number of thiocarbonyl (C=S) groups is 1. The second-order valence-electron chi connectivity index (χ2n) is 6.05. The predicted octanol–water partition coefficient (Wildman–Crippen LogP) is 2.77. The Morgan fingerprint density at radius 2 is 2.11 bits per heavy atom. The standard InChI is InChI=1S/C18H16N4O4S2/c19-16(24)15-12-5-2-6-13(12)28-17(15)21-18(27)20-14(23)8-7-10-3-1-4-11(9-10)22(25)26/h1,3-4,7-9H,2,5-6H2,(H2,19,24)(H2,20,21,23,27)/b8-7+. The summed E-state index contributed by atoms with van der Waals surface area (Å²) >= 11 is 6.55. The molecule has 0 bridgehead atoms. The summed E-state index contributed by atoms with van der Waals surface area (Å²) in [4.78, 5) is 35.2. The maximum absolute atomic E-state index is 12.0. The monoisotopic (exact) mass is 416 g/mol. The molecule has 1 aromatic carbocycles. The first kappa shape index (κ1) is 19.6. The van der Waals surface area contributed by atoms with E-state index in [1.165, 1.54) is 41.7 Å². The SMILES string of the molecule is NC(=O)c1c(NC(=S)NC(=O)/C=C/c2cccc([N+](=O)[O-])c2)sc2c1CCC2. The highest BCUT2D eigenvalue weighted by molar-refractivity contribution is 7.80. The summed E-state index contributed by atoms with van der Waals surface area (Å²) in [5.74, 6) is -1.03. The van der Waals surface area contributed by atoms with E-state index in [2.05, 4.69) is 10.6 Å². The van der Waals surface area contributed by atoms with Crippen LogP contribution in [-0.2, 0) is 17.6 Å². The number of carbonyl (C=O) groups excluding carboxylic acids is 2. The van der Waals surface area contributed by atoms with Crippen molar-refractivity contribution < 1.29 is 14.5 Å². The van der Waals surface area contributed by atoms with E-state index in [0.29, 0.717) is 16.1 Å². The van der Waals surface area contributed by atoms with E-state index in [0.717, 1.165) is 29.7 Å². The number of aryl methyl sites for hydroxylation is 1. The minimum atomic E-state index is -0.526. The van der Waals surface area contributed by atoms with Crippen LogP contribution in [0.3, 0.4) is 0 Å². The summed E-state index contributed by atoms with van der Waals surface area (Å²) in [5, 5.41) is 16.7. The number of amides is 2. The van der Waals surface area contributed by atoms with Gasteiger partial charge in [0.25, 0.3) is 11.6 Å². The summed E-state index contributed by atoms with van der Waals surface area (Å²) in [6.07, 6.45) is 5.35. The Hall–Kier alpha value is -3.11. The van der Waals surface area contributed by atoms with E-state index < -0.39 is 16.7 Å². The molecular weight excluding hydrogens is 400 g/mol. The Morgan fingerprint density at radius 3 is 2.82 bits per heavy atom. The van der Waals surface area contributed by atoms with E-state index in [1.807, 2.05) is 0 Å². The zero-order chi connectivity index (χ0) is 20.3. The summed E-state index contributed by atoms with van der Waals surface area (Å²) in [6.45, 7) is 0. The number of rotatable bonds is 5. The van der Waals surface area contributed by atoms with Crippen LogP contribution in [0.4, 0.5) is 10.7 Å². The van der Waals surface area contributed by atoms with Crippen molar-refractivity contribution in [2.24, 2.45) is 5.73 Å². The van der Waals surface area contributed by atoms with Crippen LogP contribution in [0.5, 0.6) is 0 Å². The van der Waals surface area contributed by atoms with Crippen molar-refractivity contribution in [1.29, 1.82) is 0 Å². The number of nitrogens with two attached hydrogens (primary N) is 1. The molecule has 0 radical (unpaired) electrons. The molecule has 2 aromatic rings. The van der Waals surface area contributed by atoms with Crippen molar-refractivity contribution in [2.45, 2.75) is 19.3 Å². The number of carbonyl (C=O) groups is 2. The van der Waals surface area contributed by atoms with Crippen LogP contribution < -0.4 is 16.4 Å². The minimum absolute atomic E-state index is 0.0381. The van der Waals surface area contributed by atoms with Gasteiger partial charge in [-0.3, -0.25) is 25.0 Å². The Kier molecular flexibility index (Phi) is 5.81. The molecule has 0 fully saturated rings. The lowest BCUT2D eigenvalue weighted by Gasteiger charge is -2.08. The fourth-order valence-corrected chi connectivity index (χ4v) is 4.52. The minimum Gasteiger partial charge on any atom is -0.365 e. The van der Waals surface area contributed by atoms with Crippen molar-refractivity contribution in [3.05, 3.63) is 62.0 Å². The van der Waals surface area contributed by atoms with E-state index >= 15 is 0 Å². The van der Waals surface area contributed by atoms with Crippen molar-refractivity contribution in [1.82, 2.24) is 5.32 Å². The largest absolute Gasteiger partial charge is 0.365 e. The van der Waals surface area contributed by atoms with E-state index in [-0.39, 0.29) is 10.8 Å². The van der Waals surface area contributed by atoms with E-state index in [1.54, 1.807) is 6.07 Å². The van der Waals surface area contributed by atoms with Gasteiger partial charge in [-0.1, -0.05) is 12.1 Å². The Labute approximate surface area is 169 Å². The van der Waals surface area contributed by atoms with Crippen LogP contribution in [0.1, 0.15) is 32.8 Å². The molecule has 1 aliphatic rings. The van der Waals surface area contributed by atoms with Gasteiger partial charge < -0.3 is 11.1 Å². The molecule has 4 N–H and O–H groups in total. The fourth-order valence-electron chi connectivity index (χ4n) is 2.95. The molecule has 10 heteroatoms. The van der Waals surface area contributed by atoms with Gasteiger partial charge in [0.1, 0.15) is 5.00 Å². The number of benzene rings is 1. The second-order valence-corrected chi connectivity index (χ2v) is 7.57. The average Bonchev–Trinajstić information content (AvgIpc) is 3.20. The second kappa shape index (κ2) is 8.28. The van der Waals surface area contributed by atoms with Crippen LogP contribution in [0.15, 0.2) is 30.3 Å². The number of nitrogens with one attached hydrogen (secondary N) is 2. The molecule has 3 rings (SSSR count). The molecule has 1 aliphatic carbocycles. The van der Waals surface area contributed by atoms with Gasteiger partial charge in [-0.15, -0.1) is 11.3 Å². The number of non-ortho nitro benzene ring substituents is 1. The smallest absolute Gasteiger partial charge is 0.270 e. The highest BCUT2D eigenvalue weighted by atomic mass is 32.1. The van der Waals surface area contributed by atoms with Crippen LogP contribution >= 0.6 is 23.6 Å². The molecule has 0 atom stereocenters. The molecule has 0 unspecified atom stereocenters. The number of thiophene rings is 1. The van der Waals surface area contributed by atoms with Crippen LogP contribution in [0, 0.1) is 10.1 Å². The predicted molar refractivity (Wildman–Crippen MR) is 111 cm³/mol. The quantitative estimate of drug-likeness (QED) is 0.298. The van der Waals surface area contributed by atoms with Crippen molar-refractivity contribution in [2.75, 3.05) is 5.32 Å². The van der Waals surface area contributed by atoms with E-state index in [9.17, 15) is 19.7 Å². The summed E-state index contributed by atoms with van der Waals surface area (Å²) in [5.41, 5.74) is 7.33. The van der Waals surface area contributed by atoms with Gasteiger partial charge in [-0.25, -0.2) is 0 Å². The van der Waals surface area contributed by atoms with Crippen molar-refractivity contribution >= 4 is 57.2 Å². The molecule has 0 saturated carbocycles. The number of nitrogens with zero attached hydrogens (tertiary/aromatic N) is 1. The molecule has 0 spiro atoms. The number of hydrogen-bond acceptors (Lipinski definition) is 6. The number of nitro benzene ring substituents is 1. The third-order valence-corrected chi connectivity index (χ3v) is 5.55. The van der Waals surface area contributed by atoms with Gasteiger partial charge in [-0.2, -0.15) is 0 Å². The number of primary amides is 1. The maximum atomic E-state index is 12.0. The normalized spacial score (nSPS) is 12.6. The van der Waals surface area contributed by atoms with Gasteiger partial charge in [0.2, 0.25) is 5.91 Å². The first-order valence-corrected chi connectivity index (χ1v) is 9.56. The maximum Gasteiger partial charge on any atom is 0.270 e.